The van der Waals surface area contributed by atoms with E-state index in [0.717, 1.165) is 24.2 Å². The minimum Gasteiger partial charge on any atom is -0.508 e. The summed E-state index contributed by atoms with van der Waals surface area (Å²) in [6.45, 7) is 6.18. The molecule has 0 saturated heterocycles. The smallest absolute Gasteiger partial charge is 0.123 e. The van der Waals surface area contributed by atoms with Crippen molar-refractivity contribution in [2.75, 3.05) is 0 Å². The number of hydrogen-bond donors (Lipinski definition) is 1. The van der Waals surface area contributed by atoms with E-state index in [4.69, 9.17) is 4.74 Å². The zero-order valence-electron chi connectivity index (χ0n) is 16.4. The second-order valence-electron chi connectivity index (χ2n) is 7.28. The van der Waals surface area contributed by atoms with Crippen molar-refractivity contribution >= 4 is 0 Å². The van der Waals surface area contributed by atoms with Crippen molar-refractivity contribution in [3.05, 3.63) is 71.3 Å². The monoisotopic (exact) mass is 352 g/mol. The summed E-state index contributed by atoms with van der Waals surface area (Å²) in [7, 11) is 0. The lowest BCUT2D eigenvalue weighted by molar-refractivity contribution is 0.241. The number of hydrogen-bond acceptors (Lipinski definition) is 2. The SMILES string of the molecule is CC(C)Oc1cc(O)cc(CCc2ccccc2)c1.CC1=CCCCC1. The first-order valence-corrected chi connectivity index (χ1v) is 9.72. The highest BCUT2D eigenvalue weighted by Crippen LogP contribution is 2.23. The molecular formula is C24H32O2. The summed E-state index contributed by atoms with van der Waals surface area (Å²) >= 11 is 0. The van der Waals surface area contributed by atoms with Gasteiger partial charge in [-0.25, -0.2) is 0 Å². The molecule has 26 heavy (non-hydrogen) atoms. The van der Waals surface area contributed by atoms with Crippen LogP contribution in [0.25, 0.3) is 0 Å². The van der Waals surface area contributed by atoms with Gasteiger partial charge in [-0.1, -0.05) is 42.0 Å². The molecule has 3 rings (SSSR count). The maximum Gasteiger partial charge on any atom is 0.123 e. The summed E-state index contributed by atoms with van der Waals surface area (Å²) in [5.41, 5.74) is 3.99. The summed E-state index contributed by atoms with van der Waals surface area (Å²) in [5, 5.41) is 9.72. The lowest BCUT2D eigenvalue weighted by Gasteiger charge is -2.12. The molecule has 0 spiro atoms. The molecule has 0 aromatic heterocycles. The Morgan fingerprint density at radius 1 is 0.962 bits per heavy atom. The lowest BCUT2D eigenvalue weighted by atomic mass is 10.0. The Hall–Kier alpha value is -2.22. The van der Waals surface area contributed by atoms with Crippen LogP contribution in [0.3, 0.4) is 0 Å². The molecule has 1 aliphatic rings. The van der Waals surface area contributed by atoms with Crippen molar-refractivity contribution in [1.82, 2.24) is 0 Å². The van der Waals surface area contributed by atoms with Crippen molar-refractivity contribution in [2.45, 2.75) is 65.4 Å². The van der Waals surface area contributed by atoms with Crippen LogP contribution in [-0.2, 0) is 12.8 Å². The van der Waals surface area contributed by atoms with Crippen LogP contribution in [0, 0.1) is 0 Å². The number of phenolic OH excluding ortho intramolecular Hbond substituents is 1. The quantitative estimate of drug-likeness (QED) is 0.625. The summed E-state index contributed by atoms with van der Waals surface area (Å²) in [4.78, 5) is 0. The highest BCUT2D eigenvalue weighted by molar-refractivity contribution is 5.38. The third kappa shape index (κ3) is 7.77. The molecular weight excluding hydrogens is 320 g/mol. The molecule has 0 bridgehead atoms. The van der Waals surface area contributed by atoms with Crippen LogP contribution in [0.2, 0.25) is 0 Å². The van der Waals surface area contributed by atoms with Gasteiger partial charge in [0.05, 0.1) is 6.10 Å². The van der Waals surface area contributed by atoms with E-state index in [0.29, 0.717) is 0 Å². The van der Waals surface area contributed by atoms with Crippen molar-refractivity contribution in [2.24, 2.45) is 0 Å². The molecule has 1 aliphatic carbocycles. The van der Waals surface area contributed by atoms with Gasteiger partial charge in [-0.15, -0.1) is 0 Å². The standard InChI is InChI=1S/C17H20O2.C7H12/c1-13(2)19-17-11-15(10-16(18)12-17)9-8-14-6-4-3-5-7-14;1-7-5-3-2-4-6-7/h3-7,10-13,18H,8-9H2,1-2H3;5H,2-4,6H2,1H3. The fourth-order valence-electron chi connectivity index (χ4n) is 3.06. The summed E-state index contributed by atoms with van der Waals surface area (Å²) in [5.74, 6) is 0.999. The third-order valence-electron chi connectivity index (χ3n) is 4.39. The summed E-state index contributed by atoms with van der Waals surface area (Å²) in [6, 6.07) is 15.8. The molecule has 0 radical (unpaired) electrons. The molecule has 2 nitrogen and oxygen atoms in total. The number of aryl methyl sites for hydroxylation is 2. The van der Waals surface area contributed by atoms with Gasteiger partial charge >= 0.3 is 0 Å². The van der Waals surface area contributed by atoms with Gasteiger partial charge in [0, 0.05) is 6.07 Å². The fourth-order valence-corrected chi connectivity index (χ4v) is 3.06. The largest absolute Gasteiger partial charge is 0.508 e. The first-order valence-electron chi connectivity index (χ1n) is 9.72. The summed E-state index contributed by atoms with van der Waals surface area (Å²) in [6.07, 6.45) is 9.83. The van der Waals surface area contributed by atoms with Crippen LogP contribution in [0.1, 0.15) is 57.6 Å². The average molecular weight is 353 g/mol. The number of allylic oxidation sites excluding steroid dienone is 2. The zero-order chi connectivity index (χ0) is 18.8. The Morgan fingerprint density at radius 3 is 2.27 bits per heavy atom. The molecule has 0 unspecified atom stereocenters. The fraction of sp³-hybridized carbons (Fsp3) is 0.417. The van der Waals surface area contributed by atoms with Crippen LogP contribution in [-0.4, -0.2) is 11.2 Å². The van der Waals surface area contributed by atoms with Gasteiger partial charge in [0.15, 0.2) is 0 Å². The van der Waals surface area contributed by atoms with Crippen LogP contribution in [0.4, 0.5) is 0 Å². The van der Waals surface area contributed by atoms with Gasteiger partial charge in [0.2, 0.25) is 0 Å². The van der Waals surface area contributed by atoms with Crippen LogP contribution in [0.5, 0.6) is 11.5 Å². The van der Waals surface area contributed by atoms with Crippen molar-refractivity contribution in [3.8, 4) is 11.5 Å². The maximum atomic E-state index is 9.72. The van der Waals surface area contributed by atoms with E-state index in [1.54, 1.807) is 17.7 Å². The molecule has 0 aliphatic heterocycles. The maximum absolute atomic E-state index is 9.72. The second kappa shape index (κ2) is 10.7. The van der Waals surface area contributed by atoms with Crippen LogP contribution in [0.15, 0.2) is 60.2 Å². The van der Waals surface area contributed by atoms with E-state index < -0.39 is 0 Å². The molecule has 140 valence electrons. The van der Waals surface area contributed by atoms with E-state index in [-0.39, 0.29) is 11.9 Å². The number of benzene rings is 2. The van der Waals surface area contributed by atoms with E-state index in [1.807, 2.05) is 38.1 Å². The number of rotatable bonds is 5. The Balaban J connectivity index is 0.000000290. The first-order chi connectivity index (χ1) is 12.5. The van der Waals surface area contributed by atoms with Gasteiger partial charge in [-0.2, -0.15) is 0 Å². The van der Waals surface area contributed by atoms with Crippen LogP contribution < -0.4 is 4.74 Å². The highest BCUT2D eigenvalue weighted by Gasteiger charge is 2.04. The number of phenols is 1. The molecule has 2 aromatic carbocycles. The molecule has 0 fully saturated rings. The second-order valence-corrected chi connectivity index (χ2v) is 7.28. The van der Waals surface area contributed by atoms with Crippen molar-refractivity contribution < 1.29 is 9.84 Å². The molecule has 0 amide bonds. The van der Waals surface area contributed by atoms with E-state index >= 15 is 0 Å². The predicted molar refractivity (Wildman–Crippen MR) is 110 cm³/mol. The van der Waals surface area contributed by atoms with Crippen molar-refractivity contribution in [3.63, 3.8) is 0 Å². The molecule has 2 aromatic rings. The number of aromatic hydroxyl groups is 1. The highest BCUT2D eigenvalue weighted by atomic mass is 16.5. The van der Waals surface area contributed by atoms with Crippen molar-refractivity contribution in [1.29, 1.82) is 0 Å². The molecule has 0 atom stereocenters. The van der Waals surface area contributed by atoms with E-state index in [1.165, 1.54) is 31.2 Å². The lowest BCUT2D eigenvalue weighted by Crippen LogP contribution is -2.05. The normalized spacial score (nSPS) is 13.6. The number of ether oxygens (including phenoxy) is 1. The van der Waals surface area contributed by atoms with Gasteiger partial charge in [0.1, 0.15) is 11.5 Å². The first kappa shape index (κ1) is 20.1. The predicted octanol–water partition coefficient (Wildman–Crippen LogP) is 6.47. The molecule has 0 saturated carbocycles. The molecule has 1 N–H and O–H groups in total. The topological polar surface area (TPSA) is 29.5 Å². The average Bonchev–Trinajstić information content (AvgIpc) is 2.61. The van der Waals surface area contributed by atoms with Gasteiger partial charge < -0.3 is 9.84 Å². The molecule has 2 heteroatoms. The Kier molecular flexibility index (Phi) is 8.27. The zero-order valence-corrected chi connectivity index (χ0v) is 16.4. The molecule has 0 heterocycles. The Bertz CT molecular complexity index is 687. The Labute approximate surface area is 158 Å². The minimum atomic E-state index is 0.115. The Morgan fingerprint density at radius 2 is 1.69 bits per heavy atom. The van der Waals surface area contributed by atoms with E-state index in [9.17, 15) is 5.11 Å². The van der Waals surface area contributed by atoms with E-state index in [2.05, 4.69) is 25.1 Å². The van der Waals surface area contributed by atoms with Gasteiger partial charge in [-0.3, -0.25) is 0 Å². The van der Waals surface area contributed by atoms with Gasteiger partial charge in [-0.05, 0) is 82.6 Å². The minimum absolute atomic E-state index is 0.115. The van der Waals surface area contributed by atoms with Gasteiger partial charge in [0.25, 0.3) is 0 Å². The summed E-state index contributed by atoms with van der Waals surface area (Å²) < 4.78 is 5.63. The van der Waals surface area contributed by atoms with Crippen LogP contribution >= 0.6 is 0 Å². The third-order valence-corrected chi connectivity index (χ3v) is 4.39.